The molecule has 1 fully saturated rings. The molecule has 2 aromatic rings. The third kappa shape index (κ3) is 2.70. The Balaban J connectivity index is 1.74. The average molecular weight is 271 g/mol. The maximum atomic E-state index is 12.1. The smallest absolute Gasteiger partial charge is 0.273 e. The second-order valence-electron chi connectivity index (χ2n) is 5.05. The minimum absolute atomic E-state index is 0.169. The lowest BCUT2D eigenvalue weighted by molar-refractivity contribution is 0.0935. The molecule has 3 rings (SSSR count). The van der Waals surface area contributed by atoms with E-state index in [1.54, 1.807) is 10.9 Å². The molecule has 1 aromatic heterocycles. The second kappa shape index (κ2) is 5.42. The van der Waals surface area contributed by atoms with Crippen molar-refractivity contribution >= 4 is 5.91 Å². The molecule has 0 radical (unpaired) electrons. The fourth-order valence-electron chi connectivity index (χ4n) is 2.30. The standard InChI is InChI=1S/C14H17N5O/c1-10-3-2-4-12(7-10)19-9-13(17-18-19)14(20)16-11-5-6-15-8-11/h2-4,7,9,11,15H,5-6,8H2,1H3,(H,16,20). The van der Waals surface area contributed by atoms with Gasteiger partial charge in [-0.3, -0.25) is 4.79 Å². The van der Waals surface area contributed by atoms with Crippen LogP contribution in [0.1, 0.15) is 22.5 Å². The van der Waals surface area contributed by atoms with E-state index in [-0.39, 0.29) is 11.9 Å². The molecule has 1 amide bonds. The van der Waals surface area contributed by atoms with Gasteiger partial charge in [0, 0.05) is 12.6 Å². The molecule has 104 valence electrons. The molecule has 0 spiro atoms. The Morgan fingerprint density at radius 3 is 3.15 bits per heavy atom. The molecule has 1 aliphatic heterocycles. The Hall–Kier alpha value is -2.21. The highest BCUT2D eigenvalue weighted by Gasteiger charge is 2.19. The van der Waals surface area contributed by atoms with E-state index < -0.39 is 0 Å². The van der Waals surface area contributed by atoms with Crippen molar-refractivity contribution in [3.05, 3.63) is 41.7 Å². The summed E-state index contributed by atoms with van der Waals surface area (Å²) in [6, 6.07) is 8.09. The second-order valence-corrected chi connectivity index (χ2v) is 5.05. The molecule has 2 N–H and O–H groups in total. The number of nitrogens with zero attached hydrogens (tertiary/aromatic N) is 3. The molecule has 2 heterocycles. The summed E-state index contributed by atoms with van der Waals surface area (Å²) >= 11 is 0. The van der Waals surface area contributed by atoms with Gasteiger partial charge in [0.15, 0.2) is 5.69 Å². The SMILES string of the molecule is Cc1cccc(-n2cc(C(=O)NC3CCNC3)nn2)c1. The van der Waals surface area contributed by atoms with Gasteiger partial charge in [-0.15, -0.1) is 5.10 Å². The van der Waals surface area contributed by atoms with E-state index >= 15 is 0 Å². The first-order chi connectivity index (χ1) is 9.72. The normalized spacial score (nSPS) is 18.1. The number of amides is 1. The van der Waals surface area contributed by atoms with Crippen LogP contribution >= 0.6 is 0 Å². The van der Waals surface area contributed by atoms with Gasteiger partial charge in [-0.05, 0) is 37.6 Å². The van der Waals surface area contributed by atoms with Crippen LogP contribution in [0.25, 0.3) is 5.69 Å². The van der Waals surface area contributed by atoms with E-state index in [0.717, 1.165) is 30.8 Å². The van der Waals surface area contributed by atoms with Crippen molar-refractivity contribution in [2.45, 2.75) is 19.4 Å². The largest absolute Gasteiger partial charge is 0.347 e. The highest BCUT2D eigenvalue weighted by Crippen LogP contribution is 2.09. The zero-order valence-electron chi connectivity index (χ0n) is 11.3. The van der Waals surface area contributed by atoms with Gasteiger partial charge < -0.3 is 10.6 Å². The van der Waals surface area contributed by atoms with Gasteiger partial charge in [-0.2, -0.15) is 0 Å². The van der Waals surface area contributed by atoms with Crippen molar-refractivity contribution in [1.82, 2.24) is 25.6 Å². The number of aryl methyl sites for hydroxylation is 1. The van der Waals surface area contributed by atoms with Crippen LogP contribution < -0.4 is 10.6 Å². The highest BCUT2D eigenvalue weighted by atomic mass is 16.2. The molecular weight excluding hydrogens is 254 g/mol. The number of carbonyl (C=O) groups excluding carboxylic acids is 1. The lowest BCUT2D eigenvalue weighted by atomic mass is 10.2. The van der Waals surface area contributed by atoms with Gasteiger partial charge in [0.25, 0.3) is 5.91 Å². The van der Waals surface area contributed by atoms with Crippen molar-refractivity contribution in [2.75, 3.05) is 13.1 Å². The van der Waals surface area contributed by atoms with E-state index in [0.29, 0.717) is 5.69 Å². The van der Waals surface area contributed by atoms with Gasteiger partial charge in [-0.1, -0.05) is 17.3 Å². The predicted octanol–water partition coefficient (Wildman–Crippen LogP) is 0.667. The Bertz CT molecular complexity index is 616. The first-order valence-corrected chi connectivity index (χ1v) is 6.73. The third-order valence-electron chi connectivity index (χ3n) is 3.39. The molecule has 0 aliphatic carbocycles. The molecule has 1 aromatic carbocycles. The van der Waals surface area contributed by atoms with Crippen LogP contribution in [-0.4, -0.2) is 40.0 Å². The Morgan fingerprint density at radius 1 is 1.50 bits per heavy atom. The molecule has 1 aliphatic rings. The number of carbonyl (C=O) groups is 1. The predicted molar refractivity (Wildman–Crippen MR) is 74.8 cm³/mol. The Kier molecular flexibility index (Phi) is 3.47. The summed E-state index contributed by atoms with van der Waals surface area (Å²) in [5, 5.41) is 14.1. The van der Waals surface area contributed by atoms with Crippen LogP contribution in [0, 0.1) is 6.92 Å². The molecule has 1 unspecified atom stereocenters. The fraction of sp³-hybridized carbons (Fsp3) is 0.357. The molecular formula is C14H17N5O. The van der Waals surface area contributed by atoms with Crippen molar-refractivity contribution < 1.29 is 4.79 Å². The van der Waals surface area contributed by atoms with Gasteiger partial charge in [0.1, 0.15) is 0 Å². The number of hydrogen-bond acceptors (Lipinski definition) is 4. The number of nitrogens with one attached hydrogen (secondary N) is 2. The monoisotopic (exact) mass is 271 g/mol. The van der Waals surface area contributed by atoms with Gasteiger partial charge in [0.2, 0.25) is 0 Å². The van der Waals surface area contributed by atoms with Crippen LogP contribution in [0.2, 0.25) is 0 Å². The average Bonchev–Trinajstić information content (AvgIpc) is 3.09. The number of aromatic nitrogens is 3. The quantitative estimate of drug-likeness (QED) is 0.860. The van der Waals surface area contributed by atoms with Crippen molar-refractivity contribution in [3.63, 3.8) is 0 Å². The lowest BCUT2D eigenvalue weighted by Crippen LogP contribution is -2.36. The van der Waals surface area contributed by atoms with Gasteiger partial charge in [0.05, 0.1) is 11.9 Å². The molecule has 1 saturated heterocycles. The number of hydrogen-bond donors (Lipinski definition) is 2. The maximum absolute atomic E-state index is 12.1. The van der Waals surface area contributed by atoms with E-state index in [9.17, 15) is 4.79 Å². The highest BCUT2D eigenvalue weighted by molar-refractivity contribution is 5.92. The maximum Gasteiger partial charge on any atom is 0.273 e. The summed E-state index contributed by atoms with van der Waals surface area (Å²) in [4.78, 5) is 12.1. The van der Waals surface area contributed by atoms with E-state index in [1.165, 1.54) is 0 Å². The Labute approximate surface area is 117 Å². The van der Waals surface area contributed by atoms with E-state index in [2.05, 4.69) is 20.9 Å². The minimum atomic E-state index is -0.169. The summed E-state index contributed by atoms with van der Waals surface area (Å²) in [5.74, 6) is -0.169. The fourth-order valence-corrected chi connectivity index (χ4v) is 2.30. The van der Waals surface area contributed by atoms with E-state index in [1.807, 2.05) is 31.2 Å². The van der Waals surface area contributed by atoms with Crippen LogP contribution in [0.15, 0.2) is 30.5 Å². The van der Waals surface area contributed by atoms with Crippen LogP contribution in [0.3, 0.4) is 0 Å². The van der Waals surface area contributed by atoms with Crippen LogP contribution in [-0.2, 0) is 0 Å². The van der Waals surface area contributed by atoms with Crippen LogP contribution in [0.5, 0.6) is 0 Å². The lowest BCUT2D eigenvalue weighted by Gasteiger charge is -2.08. The summed E-state index contributed by atoms with van der Waals surface area (Å²) in [6.07, 6.45) is 2.62. The summed E-state index contributed by atoms with van der Waals surface area (Å²) in [7, 11) is 0. The summed E-state index contributed by atoms with van der Waals surface area (Å²) < 4.78 is 1.62. The number of benzene rings is 1. The van der Waals surface area contributed by atoms with Gasteiger partial charge >= 0.3 is 0 Å². The van der Waals surface area contributed by atoms with Crippen LogP contribution in [0.4, 0.5) is 0 Å². The first kappa shape index (κ1) is 12.8. The summed E-state index contributed by atoms with van der Waals surface area (Å²) in [6.45, 7) is 3.78. The molecule has 0 bridgehead atoms. The minimum Gasteiger partial charge on any atom is -0.347 e. The zero-order chi connectivity index (χ0) is 13.9. The summed E-state index contributed by atoms with van der Waals surface area (Å²) in [5.41, 5.74) is 2.39. The van der Waals surface area contributed by atoms with Crippen molar-refractivity contribution in [2.24, 2.45) is 0 Å². The topological polar surface area (TPSA) is 71.8 Å². The zero-order valence-corrected chi connectivity index (χ0v) is 11.3. The molecule has 1 atom stereocenters. The molecule has 6 nitrogen and oxygen atoms in total. The molecule has 20 heavy (non-hydrogen) atoms. The van der Waals surface area contributed by atoms with Crippen molar-refractivity contribution in [3.8, 4) is 5.69 Å². The third-order valence-corrected chi connectivity index (χ3v) is 3.39. The Morgan fingerprint density at radius 2 is 2.40 bits per heavy atom. The first-order valence-electron chi connectivity index (χ1n) is 6.73. The number of rotatable bonds is 3. The van der Waals surface area contributed by atoms with E-state index in [4.69, 9.17) is 0 Å². The van der Waals surface area contributed by atoms with Gasteiger partial charge in [-0.25, -0.2) is 4.68 Å². The molecule has 0 saturated carbocycles. The molecule has 6 heteroatoms. The van der Waals surface area contributed by atoms with Crippen molar-refractivity contribution in [1.29, 1.82) is 0 Å².